The highest BCUT2D eigenvalue weighted by Crippen LogP contribution is 2.28. The van der Waals surface area contributed by atoms with Crippen LogP contribution < -0.4 is 10.0 Å². The Balaban J connectivity index is 1.77. The van der Waals surface area contributed by atoms with E-state index >= 15 is 0 Å². The van der Waals surface area contributed by atoms with Gasteiger partial charge >= 0.3 is 0 Å². The number of rotatable bonds is 6. The molecule has 0 unspecified atom stereocenters. The molecule has 0 spiro atoms. The summed E-state index contributed by atoms with van der Waals surface area (Å²) in [6.45, 7) is 0.284. The van der Waals surface area contributed by atoms with Crippen LogP contribution in [0.1, 0.15) is 0 Å². The van der Waals surface area contributed by atoms with E-state index in [1.807, 2.05) is 24.3 Å². The summed E-state index contributed by atoms with van der Waals surface area (Å²) in [5, 5.41) is 2.04. The summed E-state index contributed by atoms with van der Waals surface area (Å²) in [5.41, 5.74) is 7.87. The minimum Gasteiger partial charge on any atom is -0.339 e. The zero-order valence-corrected chi connectivity index (χ0v) is 16.6. The van der Waals surface area contributed by atoms with Gasteiger partial charge in [0.05, 0.1) is 18.2 Å². The molecule has 4 aromatic rings. The first kappa shape index (κ1) is 19.0. The van der Waals surface area contributed by atoms with Crippen LogP contribution in [-0.2, 0) is 17.1 Å². The number of fused-ring (bicyclic) bond motifs is 1. The van der Waals surface area contributed by atoms with Crippen LogP contribution in [0.2, 0.25) is 0 Å². The van der Waals surface area contributed by atoms with E-state index in [1.54, 1.807) is 36.3 Å². The SMILES string of the molecule is Cn1cnc(S(=O)(=O)N(CCN)c2cncc(-c3ccc4cnccc4c3)c2)c1. The Morgan fingerprint density at radius 2 is 1.90 bits per heavy atom. The van der Waals surface area contributed by atoms with Crippen LogP contribution in [0.5, 0.6) is 0 Å². The van der Waals surface area contributed by atoms with Gasteiger partial charge in [-0.1, -0.05) is 12.1 Å². The van der Waals surface area contributed by atoms with Crippen molar-refractivity contribution in [2.24, 2.45) is 12.8 Å². The maximum absolute atomic E-state index is 13.1. The highest BCUT2D eigenvalue weighted by molar-refractivity contribution is 7.92. The van der Waals surface area contributed by atoms with Crippen molar-refractivity contribution < 1.29 is 8.42 Å². The summed E-state index contributed by atoms with van der Waals surface area (Å²) in [6, 6.07) is 9.70. The molecule has 1 aromatic carbocycles. The van der Waals surface area contributed by atoms with Crippen molar-refractivity contribution >= 4 is 26.5 Å². The minimum absolute atomic E-state index is 0.0305. The molecule has 3 heterocycles. The molecule has 148 valence electrons. The van der Waals surface area contributed by atoms with Crippen LogP contribution >= 0.6 is 0 Å². The fourth-order valence-corrected chi connectivity index (χ4v) is 4.55. The lowest BCUT2D eigenvalue weighted by atomic mass is 10.0. The second-order valence-electron chi connectivity index (χ2n) is 6.61. The fraction of sp³-hybridized carbons (Fsp3) is 0.150. The number of anilines is 1. The van der Waals surface area contributed by atoms with E-state index in [0.29, 0.717) is 5.69 Å². The van der Waals surface area contributed by atoms with Gasteiger partial charge in [-0.3, -0.25) is 14.3 Å². The predicted molar refractivity (Wildman–Crippen MR) is 112 cm³/mol. The van der Waals surface area contributed by atoms with Crippen LogP contribution in [0.15, 0.2) is 72.7 Å². The average Bonchev–Trinajstić information content (AvgIpc) is 3.19. The molecule has 3 aromatic heterocycles. The van der Waals surface area contributed by atoms with Gasteiger partial charge in [0, 0.05) is 55.9 Å². The number of nitrogens with two attached hydrogens (primary N) is 1. The Kier molecular flexibility index (Phi) is 4.99. The van der Waals surface area contributed by atoms with Gasteiger partial charge in [0.1, 0.15) is 0 Å². The van der Waals surface area contributed by atoms with Crippen molar-refractivity contribution in [3.05, 3.63) is 67.6 Å². The van der Waals surface area contributed by atoms with E-state index < -0.39 is 10.0 Å². The molecule has 0 radical (unpaired) electrons. The van der Waals surface area contributed by atoms with Gasteiger partial charge < -0.3 is 10.3 Å². The highest BCUT2D eigenvalue weighted by atomic mass is 32.2. The number of hydrogen-bond acceptors (Lipinski definition) is 6. The summed E-state index contributed by atoms with van der Waals surface area (Å²) < 4.78 is 29.1. The van der Waals surface area contributed by atoms with Gasteiger partial charge in [0.15, 0.2) is 5.03 Å². The van der Waals surface area contributed by atoms with Crippen LogP contribution in [-0.4, -0.2) is 41.0 Å². The number of pyridine rings is 2. The van der Waals surface area contributed by atoms with Crippen molar-refractivity contribution in [1.29, 1.82) is 0 Å². The predicted octanol–water partition coefficient (Wildman–Crippen LogP) is 2.18. The molecule has 0 atom stereocenters. The number of nitrogens with zero attached hydrogens (tertiary/aromatic N) is 5. The normalized spacial score (nSPS) is 11.7. The highest BCUT2D eigenvalue weighted by Gasteiger charge is 2.27. The Bertz CT molecular complexity index is 1270. The number of benzene rings is 1. The Labute approximate surface area is 168 Å². The summed E-state index contributed by atoms with van der Waals surface area (Å²) in [5.74, 6) is 0. The average molecular weight is 408 g/mol. The molecule has 2 N–H and O–H groups in total. The van der Waals surface area contributed by atoms with E-state index in [-0.39, 0.29) is 18.1 Å². The second kappa shape index (κ2) is 7.61. The zero-order valence-electron chi connectivity index (χ0n) is 15.8. The van der Waals surface area contributed by atoms with Crippen molar-refractivity contribution in [2.75, 3.05) is 17.4 Å². The lowest BCUT2D eigenvalue weighted by Crippen LogP contribution is -2.35. The molecule has 9 heteroatoms. The van der Waals surface area contributed by atoms with Gasteiger partial charge in [0.25, 0.3) is 10.0 Å². The minimum atomic E-state index is -3.86. The number of aromatic nitrogens is 4. The van der Waals surface area contributed by atoms with Crippen molar-refractivity contribution in [3.63, 3.8) is 0 Å². The molecule has 0 saturated carbocycles. The fourth-order valence-electron chi connectivity index (χ4n) is 3.13. The van der Waals surface area contributed by atoms with Crippen LogP contribution in [0.3, 0.4) is 0 Å². The van der Waals surface area contributed by atoms with E-state index in [2.05, 4.69) is 15.0 Å². The Hall–Kier alpha value is -3.30. The lowest BCUT2D eigenvalue weighted by Gasteiger charge is -2.23. The number of imidazole rings is 1. The molecule has 0 amide bonds. The standard InChI is InChI=1S/C20H20N6O2S/c1-25-13-20(24-14-25)29(27,28)26(7-5-21)19-9-18(11-23-12-19)15-2-3-17-10-22-6-4-16(17)8-15/h2-4,6,8-14H,5,7,21H2,1H3. The summed E-state index contributed by atoms with van der Waals surface area (Å²) in [7, 11) is -2.14. The van der Waals surface area contributed by atoms with Gasteiger partial charge in [-0.05, 0) is 29.1 Å². The number of aryl methyl sites for hydroxylation is 1. The molecular weight excluding hydrogens is 388 g/mol. The second-order valence-corrected chi connectivity index (χ2v) is 8.42. The summed E-state index contributed by atoms with van der Waals surface area (Å²) in [6.07, 6.45) is 9.68. The molecule has 0 fully saturated rings. The third kappa shape index (κ3) is 3.69. The smallest absolute Gasteiger partial charge is 0.283 e. The van der Waals surface area contributed by atoms with E-state index in [4.69, 9.17) is 5.73 Å². The number of sulfonamides is 1. The first-order valence-electron chi connectivity index (χ1n) is 8.99. The van der Waals surface area contributed by atoms with Gasteiger partial charge in [-0.25, -0.2) is 4.98 Å². The molecule has 4 rings (SSSR count). The monoisotopic (exact) mass is 408 g/mol. The first-order chi connectivity index (χ1) is 14.0. The molecule has 0 aliphatic heterocycles. The lowest BCUT2D eigenvalue weighted by molar-refractivity contribution is 0.587. The van der Waals surface area contributed by atoms with Crippen LogP contribution in [0, 0.1) is 0 Å². The van der Waals surface area contributed by atoms with Crippen LogP contribution in [0.4, 0.5) is 5.69 Å². The van der Waals surface area contributed by atoms with Gasteiger partial charge in [-0.15, -0.1) is 0 Å². The van der Waals surface area contributed by atoms with Crippen molar-refractivity contribution in [2.45, 2.75) is 5.03 Å². The molecule has 8 nitrogen and oxygen atoms in total. The van der Waals surface area contributed by atoms with Crippen molar-refractivity contribution in [3.8, 4) is 11.1 Å². The molecule has 0 aliphatic rings. The third-order valence-corrected chi connectivity index (χ3v) is 6.27. The zero-order chi connectivity index (χ0) is 20.4. The molecule has 0 bridgehead atoms. The van der Waals surface area contributed by atoms with E-state index in [9.17, 15) is 8.42 Å². The van der Waals surface area contributed by atoms with Gasteiger partial charge in [-0.2, -0.15) is 8.42 Å². The molecule has 0 aliphatic carbocycles. The summed E-state index contributed by atoms with van der Waals surface area (Å²) >= 11 is 0. The molecule has 0 saturated heterocycles. The van der Waals surface area contributed by atoms with E-state index in [0.717, 1.165) is 21.9 Å². The third-order valence-electron chi connectivity index (χ3n) is 4.55. The maximum Gasteiger partial charge on any atom is 0.283 e. The van der Waals surface area contributed by atoms with Crippen LogP contribution in [0.25, 0.3) is 21.9 Å². The quantitative estimate of drug-likeness (QED) is 0.524. The Morgan fingerprint density at radius 3 is 2.66 bits per heavy atom. The van der Waals surface area contributed by atoms with E-state index in [1.165, 1.54) is 23.0 Å². The van der Waals surface area contributed by atoms with Crippen molar-refractivity contribution in [1.82, 2.24) is 19.5 Å². The maximum atomic E-state index is 13.1. The van der Waals surface area contributed by atoms with Gasteiger partial charge in [0.2, 0.25) is 0 Å². The Morgan fingerprint density at radius 1 is 1.03 bits per heavy atom. The topological polar surface area (TPSA) is 107 Å². The molecular formula is C20H20N6O2S. The first-order valence-corrected chi connectivity index (χ1v) is 10.4. The molecule has 29 heavy (non-hydrogen) atoms. The summed E-state index contributed by atoms with van der Waals surface area (Å²) in [4.78, 5) is 12.4. The number of hydrogen-bond donors (Lipinski definition) is 1. The largest absolute Gasteiger partial charge is 0.339 e.